The van der Waals surface area contributed by atoms with Crippen LogP contribution in [0.25, 0.3) is 16.8 Å². The summed E-state index contributed by atoms with van der Waals surface area (Å²) in [6.45, 7) is 0.144. The van der Waals surface area contributed by atoms with Gasteiger partial charge in [0.1, 0.15) is 12.4 Å². The lowest BCUT2D eigenvalue weighted by Gasteiger charge is -2.11. The molecule has 0 saturated heterocycles. The van der Waals surface area contributed by atoms with Gasteiger partial charge in [0, 0.05) is 17.7 Å². The predicted molar refractivity (Wildman–Crippen MR) is 144 cm³/mol. The van der Waals surface area contributed by atoms with Crippen molar-refractivity contribution in [2.24, 2.45) is 4.99 Å². The summed E-state index contributed by atoms with van der Waals surface area (Å²) >= 11 is 7.00. The summed E-state index contributed by atoms with van der Waals surface area (Å²) in [4.78, 5) is 27.5. The normalized spacial score (nSPS) is 14.1. The molecule has 4 aromatic rings. The van der Waals surface area contributed by atoms with Gasteiger partial charge >= 0.3 is 5.97 Å². The highest BCUT2D eigenvalue weighted by Gasteiger charge is 2.24. The summed E-state index contributed by atoms with van der Waals surface area (Å²) in [5.41, 5.74) is 2.27. The SMILES string of the molecule is O=C1OC(c2ccc3ccccc3c2)=N/C1=C\c1cc(Br)c(OCc2cccc([N+](=O)[O-])c2)c(Br)c1. The monoisotopic (exact) mass is 606 g/mol. The van der Waals surface area contributed by atoms with Crippen LogP contribution in [0.4, 0.5) is 5.69 Å². The second-order valence-corrected chi connectivity index (χ2v) is 9.64. The number of non-ortho nitro benzene ring substituents is 1. The first-order valence-corrected chi connectivity index (χ1v) is 12.3. The largest absolute Gasteiger partial charge is 0.487 e. The van der Waals surface area contributed by atoms with Crippen LogP contribution in [-0.4, -0.2) is 16.8 Å². The zero-order valence-electron chi connectivity index (χ0n) is 18.5. The van der Waals surface area contributed by atoms with E-state index in [1.807, 2.05) is 42.5 Å². The molecule has 7 nitrogen and oxygen atoms in total. The Hall–Kier alpha value is -3.82. The second kappa shape index (κ2) is 10.0. The average Bonchev–Trinajstić information content (AvgIpc) is 3.23. The summed E-state index contributed by atoms with van der Waals surface area (Å²) in [6, 6.07) is 23.5. The fourth-order valence-corrected chi connectivity index (χ4v) is 5.18. The molecule has 0 aliphatic carbocycles. The Labute approximate surface area is 222 Å². The summed E-state index contributed by atoms with van der Waals surface area (Å²) in [5, 5.41) is 13.1. The van der Waals surface area contributed by atoms with Gasteiger partial charge in [-0.3, -0.25) is 10.1 Å². The standard InChI is InChI=1S/C27H16Br2N2O5/c28-22-11-17(12-23(29)25(22)35-15-16-4-3-7-21(10-16)31(33)34)13-24-27(32)36-26(30-24)20-9-8-18-5-1-2-6-19(18)14-20/h1-14H,15H2/b24-13-. The maximum absolute atomic E-state index is 12.5. The molecular formula is C27H16Br2N2O5. The number of carbonyl (C=O) groups is 1. The number of hydrogen-bond acceptors (Lipinski definition) is 6. The number of carbonyl (C=O) groups excluding carboxylic acids is 1. The molecule has 0 atom stereocenters. The van der Waals surface area contributed by atoms with Crippen LogP contribution in [0, 0.1) is 10.1 Å². The second-order valence-electron chi connectivity index (χ2n) is 7.93. The lowest BCUT2D eigenvalue weighted by atomic mass is 10.1. The fourth-order valence-electron chi connectivity index (χ4n) is 3.73. The summed E-state index contributed by atoms with van der Waals surface area (Å²) < 4.78 is 12.6. The number of aliphatic imine (C=N–C) groups is 1. The maximum atomic E-state index is 12.5. The first kappa shape index (κ1) is 23.9. The van der Waals surface area contributed by atoms with Crippen LogP contribution in [0.3, 0.4) is 0 Å². The number of rotatable bonds is 6. The first-order chi connectivity index (χ1) is 17.4. The molecule has 1 heterocycles. The molecule has 0 saturated carbocycles. The Morgan fingerprint density at radius 3 is 2.44 bits per heavy atom. The molecule has 178 valence electrons. The highest BCUT2D eigenvalue weighted by atomic mass is 79.9. The van der Waals surface area contributed by atoms with Crippen LogP contribution in [0.15, 0.2) is 98.5 Å². The molecule has 0 N–H and O–H groups in total. The van der Waals surface area contributed by atoms with Crippen molar-refractivity contribution in [2.75, 3.05) is 0 Å². The highest BCUT2D eigenvalue weighted by molar-refractivity contribution is 9.11. The van der Waals surface area contributed by atoms with Crippen LogP contribution in [0.2, 0.25) is 0 Å². The minimum absolute atomic E-state index is 0.00303. The van der Waals surface area contributed by atoms with Crippen LogP contribution in [0.5, 0.6) is 5.75 Å². The molecule has 36 heavy (non-hydrogen) atoms. The molecular weight excluding hydrogens is 592 g/mol. The van der Waals surface area contributed by atoms with Gasteiger partial charge < -0.3 is 9.47 Å². The zero-order valence-corrected chi connectivity index (χ0v) is 21.7. The number of halogens is 2. The van der Waals surface area contributed by atoms with Crippen LogP contribution < -0.4 is 4.74 Å². The number of fused-ring (bicyclic) bond motifs is 1. The molecule has 1 aliphatic rings. The van der Waals surface area contributed by atoms with Gasteiger partial charge in [0.15, 0.2) is 5.70 Å². The predicted octanol–water partition coefficient (Wildman–Crippen LogP) is 7.20. The molecule has 9 heteroatoms. The number of ether oxygens (including phenoxy) is 2. The quantitative estimate of drug-likeness (QED) is 0.100. The van der Waals surface area contributed by atoms with Crippen molar-refractivity contribution in [3.05, 3.63) is 120 Å². The Morgan fingerprint density at radius 1 is 0.944 bits per heavy atom. The molecule has 1 aliphatic heterocycles. The third-order valence-corrected chi connectivity index (χ3v) is 6.62. The van der Waals surface area contributed by atoms with Crippen LogP contribution in [0.1, 0.15) is 16.7 Å². The van der Waals surface area contributed by atoms with Crippen molar-refractivity contribution in [3.8, 4) is 5.75 Å². The van der Waals surface area contributed by atoms with E-state index in [0.717, 1.165) is 16.3 Å². The van der Waals surface area contributed by atoms with Crippen molar-refractivity contribution in [3.63, 3.8) is 0 Å². The number of nitrogens with zero attached hydrogens (tertiary/aromatic N) is 2. The van der Waals surface area contributed by atoms with Crippen LogP contribution in [-0.2, 0) is 16.1 Å². The molecule has 0 unspecified atom stereocenters. The van der Waals surface area contributed by atoms with Crippen molar-refractivity contribution in [2.45, 2.75) is 6.61 Å². The van der Waals surface area contributed by atoms with Gasteiger partial charge in [0.2, 0.25) is 5.90 Å². The smallest absolute Gasteiger partial charge is 0.363 e. The van der Waals surface area contributed by atoms with E-state index in [1.54, 1.807) is 30.3 Å². The molecule has 0 aromatic heterocycles. The van der Waals surface area contributed by atoms with E-state index in [2.05, 4.69) is 36.9 Å². The van der Waals surface area contributed by atoms with Gasteiger partial charge in [-0.25, -0.2) is 9.79 Å². The Balaban J connectivity index is 1.37. The van der Waals surface area contributed by atoms with E-state index < -0.39 is 10.9 Å². The van der Waals surface area contributed by atoms with E-state index in [1.165, 1.54) is 12.1 Å². The number of cyclic esters (lactones) is 1. The van der Waals surface area contributed by atoms with Gasteiger partial charge in [-0.15, -0.1) is 0 Å². The molecule has 0 radical (unpaired) electrons. The van der Waals surface area contributed by atoms with Crippen molar-refractivity contribution in [1.82, 2.24) is 0 Å². The minimum Gasteiger partial charge on any atom is -0.487 e. The van der Waals surface area contributed by atoms with E-state index in [9.17, 15) is 14.9 Å². The number of esters is 1. The fraction of sp³-hybridized carbons (Fsp3) is 0.0370. The molecule has 0 bridgehead atoms. The topological polar surface area (TPSA) is 91.0 Å². The van der Waals surface area contributed by atoms with Crippen molar-refractivity contribution >= 4 is 66.3 Å². The lowest BCUT2D eigenvalue weighted by molar-refractivity contribution is -0.384. The number of nitro groups is 1. The van der Waals surface area contributed by atoms with Gasteiger partial charge in [0.05, 0.1) is 13.9 Å². The summed E-state index contributed by atoms with van der Waals surface area (Å²) in [5.74, 6) is 0.251. The molecule has 0 spiro atoms. The Kier molecular flexibility index (Phi) is 6.67. The molecule has 0 fully saturated rings. The van der Waals surface area contributed by atoms with Gasteiger partial charge in [-0.1, -0.05) is 42.5 Å². The maximum Gasteiger partial charge on any atom is 0.363 e. The van der Waals surface area contributed by atoms with E-state index in [0.29, 0.717) is 25.8 Å². The van der Waals surface area contributed by atoms with Crippen LogP contribution >= 0.6 is 31.9 Å². The van der Waals surface area contributed by atoms with Crippen molar-refractivity contribution < 1.29 is 19.2 Å². The Bertz CT molecular complexity index is 1570. The Morgan fingerprint density at radius 2 is 1.69 bits per heavy atom. The zero-order chi connectivity index (χ0) is 25.2. The molecule has 5 rings (SSSR count). The van der Waals surface area contributed by atoms with E-state index >= 15 is 0 Å². The average molecular weight is 608 g/mol. The lowest BCUT2D eigenvalue weighted by Crippen LogP contribution is -2.05. The summed E-state index contributed by atoms with van der Waals surface area (Å²) in [6.07, 6.45) is 1.64. The number of benzene rings is 4. The van der Waals surface area contributed by atoms with Gasteiger partial charge in [-0.2, -0.15) is 0 Å². The van der Waals surface area contributed by atoms with Gasteiger partial charge in [-0.05, 0) is 84.1 Å². The summed E-state index contributed by atoms with van der Waals surface area (Å²) in [7, 11) is 0. The number of nitro benzene ring substituents is 1. The first-order valence-electron chi connectivity index (χ1n) is 10.7. The minimum atomic E-state index is -0.531. The van der Waals surface area contributed by atoms with E-state index in [-0.39, 0.29) is 23.9 Å². The third-order valence-electron chi connectivity index (χ3n) is 5.45. The molecule has 0 amide bonds. The number of hydrogen-bond donors (Lipinski definition) is 0. The molecule has 4 aromatic carbocycles. The van der Waals surface area contributed by atoms with Gasteiger partial charge in [0.25, 0.3) is 5.69 Å². The highest BCUT2D eigenvalue weighted by Crippen LogP contribution is 2.36. The van der Waals surface area contributed by atoms with Crippen molar-refractivity contribution in [1.29, 1.82) is 0 Å². The van der Waals surface area contributed by atoms with E-state index in [4.69, 9.17) is 9.47 Å². The third kappa shape index (κ3) is 5.07.